The van der Waals surface area contributed by atoms with E-state index in [0.29, 0.717) is 5.25 Å². The van der Waals surface area contributed by atoms with Gasteiger partial charge >= 0.3 is 0 Å². The molecule has 1 aromatic rings. The van der Waals surface area contributed by atoms with E-state index in [2.05, 4.69) is 37.8 Å². The van der Waals surface area contributed by atoms with Gasteiger partial charge in [0.2, 0.25) is 0 Å². The first-order valence-corrected chi connectivity index (χ1v) is 8.36. The molecule has 0 aliphatic rings. The van der Waals surface area contributed by atoms with Gasteiger partial charge in [0.1, 0.15) is 0 Å². The Hall–Kier alpha value is -0.220. The summed E-state index contributed by atoms with van der Waals surface area (Å²) in [6, 6.07) is 8.19. The van der Waals surface area contributed by atoms with Crippen LogP contribution in [-0.4, -0.2) is 36.3 Å². The van der Waals surface area contributed by atoms with Gasteiger partial charge < -0.3 is 10.6 Å². The molecule has 0 heterocycles. The summed E-state index contributed by atoms with van der Waals surface area (Å²) in [5.74, 6) is 1.11. The molecule has 2 atom stereocenters. The van der Waals surface area contributed by atoms with Crippen LogP contribution >= 0.6 is 23.4 Å². The molecule has 0 aliphatic heterocycles. The zero-order valence-electron chi connectivity index (χ0n) is 12.1. The van der Waals surface area contributed by atoms with Crippen LogP contribution in [0.1, 0.15) is 31.6 Å². The van der Waals surface area contributed by atoms with Crippen molar-refractivity contribution in [2.45, 2.75) is 32.1 Å². The van der Waals surface area contributed by atoms with E-state index < -0.39 is 0 Å². The Kier molecular flexibility index (Phi) is 7.84. The molecule has 0 saturated heterocycles. The maximum Gasteiger partial charge on any atom is 0.0446 e. The molecule has 0 saturated carbocycles. The standard InChI is InChI=1S/C15H25ClN2S/c1-4-18(5-2)10-11-19-15(12(3)17)13-6-8-14(16)9-7-13/h6-9,12,15H,4-5,10-11,17H2,1-3H3. The minimum atomic E-state index is 0.142. The zero-order chi connectivity index (χ0) is 14.3. The van der Waals surface area contributed by atoms with Crippen LogP contribution in [0, 0.1) is 0 Å². The molecule has 1 rings (SSSR count). The van der Waals surface area contributed by atoms with Crippen molar-refractivity contribution in [1.29, 1.82) is 0 Å². The van der Waals surface area contributed by atoms with Crippen molar-refractivity contribution < 1.29 is 0 Å². The van der Waals surface area contributed by atoms with Crippen molar-refractivity contribution in [1.82, 2.24) is 4.90 Å². The van der Waals surface area contributed by atoms with Crippen LogP contribution in [0.4, 0.5) is 0 Å². The molecular formula is C15H25ClN2S. The van der Waals surface area contributed by atoms with Gasteiger partial charge in [-0.05, 0) is 37.7 Å². The Morgan fingerprint density at radius 1 is 1.21 bits per heavy atom. The number of nitrogens with zero attached hydrogens (tertiary/aromatic N) is 1. The lowest BCUT2D eigenvalue weighted by molar-refractivity contribution is 0.323. The molecule has 0 radical (unpaired) electrons. The Bertz CT molecular complexity index is 350. The van der Waals surface area contributed by atoms with E-state index in [1.54, 1.807) is 0 Å². The topological polar surface area (TPSA) is 29.3 Å². The third-order valence-electron chi connectivity index (χ3n) is 3.28. The highest BCUT2D eigenvalue weighted by Crippen LogP contribution is 2.31. The van der Waals surface area contributed by atoms with Gasteiger partial charge in [-0.15, -0.1) is 0 Å². The van der Waals surface area contributed by atoms with Crippen molar-refractivity contribution in [2.24, 2.45) is 5.73 Å². The molecule has 0 fully saturated rings. The minimum absolute atomic E-state index is 0.142. The first kappa shape index (κ1) is 16.8. The number of hydrogen-bond acceptors (Lipinski definition) is 3. The molecule has 108 valence electrons. The second-order valence-electron chi connectivity index (χ2n) is 4.73. The lowest BCUT2D eigenvalue weighted by Crippen LogP contribution is -2.27. The average Bonchev–Trinajstić information content (AvgIpc) is 2.40. The first-order valence-electron chi connectivity index (χ1n) is 6.93. The molecule has 1 aromatic carbocycles. The molecule has 19 heavy (non-hydrogen) atoms. The summed E-state index contributed by atoms with van der Waals surface area (Å²) in [6.45, 7) is 9.83. The molecule has 2 unspecified atom stereocenters. The van der Waals surface area contributed by atoms with Gasteiger partial charge in [0.15, 0.2) is 0 Å². The molecular weight excluding hydrogens is 276 g/mol. The van der Waals surface area contributed by atoms with Gasteiger partial charge in [-0.1, -0.05) is 37.6 Å². The van der Waals surface area contributed by atoms with Crippen LogP contribution in [-0.2, 0) is 0 Å². The van der Waals surface area contributed by atoms with E-state index in [4.69, 9.17) is 17.3 Å². The Balaban J connectivity index is 2.56. The second kappa shape index (κ2) is 8.85. The summed E-state index contributed by atoms with van der Waals surface area (Å²) in [6.07, 6.45) is 0. The molecule has 2 N–H and O–H groups in total. The molecule has 0 aromatic heterocycles. The van der Waals surface area contributed by atoms with E-state index in [1.807, 2.05) is 23.9 Å². The third kappa shape index (κ3) is 5.74. The van der Waals surface area contributed by atoms with Crippen LogP contribution < -0.4 is 5.73 Å². The fraction of sp³-hybridized carbons (Fsp3) is 0.600. The van der Waals surface area contributed by atoms with Crippen LogP contribution in [0.5, 0.6) is 0 Å². The molecule has 0 spiro atoms. The van der Waals surface area contributed by atoms with E-state index in [9.17, 15) is 0 Å². The lowest BCUT2D eigenvalue weighted by Gasteiger charge is -2.23. The monoisotopic (exact) mass is 300 g/mol. The van der Waals surface area contributed by atoms with Gasteiger partial charge in [0.25, 0.3) is 0 Å². The van der Waals surface area contributed by atoms with E-state index >= 15 is 0 Å². The average molecular weight is 301 g/mol. The smallest absolute Gasteiger partial charge is 0.0446 e. The summed E-state index contributed by atoms with van der Waals surface area (Å²) in [5.41, 5.74) is 7.39. The van der Waals surface area contributed by atoms with Crippen LogP contribution in [0.25, 0.3) is 0 Å². The second-order valence-corrected chi connectivity index (χ2v) is 6.41. The molecule has 0 amide bonds. The van der Waals surface area contributed by atoms with Crippen molar-refractivity contribution >= 4 is 23.4 Å². The fourth-order valence-corrected chi connectivity index (χ4v) is 3.45. The summed E-state index contributed by atoms with van der Waals surface area (Å²) in [4.78, 5) is 2.44. The number of halogens is 1. The van der Waals surface area contributed by atoms with Crippen molar-refractivity contribution in [2.75, 3.05) is 25.4 Å². The van der Waals surface area contributed by atoms with Gasteiger partial charge in [-0.25, -0.2) is 0 Å². The first-order chi connectivity index (χ1) is 9.08. The predicted octanol–water partition coefficient (Wildman–Crippen LogP) is 3.80. The highest BCUT2D eigenvalue weighted by molar-refractivity contribution is 7.99. The van der Waals surface area contributed by atoms with E-state index in [0.717, 1.165) is 30.4 Å². The summed E-state index contributed by atoms with van der Waals surface area (Å²) < 4.78 is 0. The quantitative estimate of drug-likeness (QED) is 0.792. The fourth-order valence-electron chi connectivity index (χ4n) is 2.05. The number of thioether (sulfide) groups is 1. The van der Waals surface area contributed by atoms with E-state index in [-0.39, 0.29) is 6.04 Å². The molecule has 0 aliphatic carbocycles. The Morgan fingerprint density at radius 2 is 1.79 bits per heavy atom. The number of rotatable bonds is 8. The van der Waals surface area contributed by atoms with Crippen molar-refractivity contribution in [3.8, 4) is 0 Å². The van der Waals surface area contributed by atoms with Crippen molar-refractivity contribution in [3.63, 3.8) is 0 Å². The van der Waals surface area contributed by atoms with Gasteiger partial charge in [-0.2, -0.15) is 11.8 Å². The van der Waals surface area contributed by atoms with Crippen LogP contribution in [0.3, 0.4) is 0 Å². The van der Waals surface area contributed by atoms with Gasteiger partial charge in [0.05, 0.1) is 0 Å². The lowest BCUT2D eigenvalue weighted by atomic mass is 10.1. The Morgan fingerprint density at radius 3 is 2.26 bits per heavy atom. The molecule has 4 heteroatoms. The van der Waals surface area contributed by atoms with Crippen LogP contribution in [0.2, 0.25) is 5.02 Å². The van der Waals surface area contributed by atoms with Crippen LogP contribution in [0.15, 0.2) is 24.3 Å². The molecule has 2 nitrogen and oxygen atoms in total. The minimum Gasteiger partial charge on any atom is -0.327 e. The predicted molar refractivity (Wildman–Crippen MR) is 88.1 cm³/mol. The molecule has 0 bridgehead atoms. The largest absolute Gasteiger partial charge is 0.327 e. The number of nitrogens with two attached hydrogens (primary N) is 1. The number of benzene rings is 1. The summed E-state index contributed by atoms with van der Waals surface area (Å²) in [5, 5.41) is 1.12. The highest BCUT2D eigenvalue weighted by Gasteiger charge is 2.16. The maximum absolute atomic E-state index is 6.12. The SMILES string of the molecule is CCN(CC)CCSC(c1ccc(Cl)cc1)C(C)N. The van der Waals surface area contributed by atoms with Gasteiger partial charge in [-0.3, -0.25) is 0 Å². The van der Waals surface area contributed by atoms with E-state index in [1.165, 1.54) is 5.56 Å². The normalized spacial score (nSPS) is 14.6. The van der Waals surface area contributed by atoms with Crippen molar-refractivity contribution in [3.05, 3.63) is 34.9 Å². The van der Waals surface area contributed by atoms with Gasteiger partial charge in [0, 0.05) is 28.6 Å². The zero-order valence-corrected chi connectivity index (χ0v) is 13.7. The maximum atomic E-state index is 6.12. The third-order valence-corrected chi connectivity index (χ3v) is 5.01. The number of hydrogen-bond donors (Lipinski definition) is 1. The Labute approximate surface area is 126 Å². The summed E-state index contributed by atoms with van der Waals surface area (Å²) in [7, 11) is 0. The highest BCUT2D eigenvalue weighted by atomic mass is 35.5. The summed E-state index contributed by atoms with van der Waals surface area (Å²) >= 11 is 7.87.